The number of halogens is 2. The number of esters is 1. The molecule has 0 saturated heterocycles. The molecule has 6 nitrogen and oxygen atoms in total. The van der Waals surface area contributed by atoms with Crippen LogP contribution in [0, 0.1) is 0 Å². The quantitative estimate of drug-likeness (QED) is 0.384. The van der Waals surface area contributed by atoms with Crippen molar-refractivity contribution in [3.05, 3.63) is 63.0 Å². The summed E-state index contributed by atoms with van der Waals surface area (Å²) in [6, 6.07) is 12.7. The lowest BCUT2D eigenvalue weighted by Crippen LogP contribution is -2.20. The number of hydrogen-bond donors (Lipinski definition) is 3. The Morgan fingerprint density at radius 1 is 0.964 bits per heavy atom. The van der Waals surface area contributed by atoms with E-state index in [9.17, 15) is 14.7 Å². The average Bonchev–Trinajstić information content (AvgIpc) is 2.65. The van der Waals surface area contributed by atoms with Crippen molar-refractivity contribution in [1.82, 2.24) is 0 Å². The third-order valence-electron chi connectivity index (χ3n) is 3.91. The van der Waals surface area contributed by atoms with E-state index in [1.54, 1.807) is 49.4 Å². The molecule has 0 radical (unpaired) electrons. The maximum atomic E-state index is 12.5. The molecule has 0 atom stereocenters. The second kappa shape index (κ2) is 8.62. The van der Waals surface area contributed by atoms with Crippen LogP contribution in [0.5, 0.6) is 5.75 Å². The number of benzene rings is 3. The van der Waals surface area contributed by atoms with E-state index in [1.807, 2.05) is 6.07 Å². The Balaban J connectivity index is 1.80. The molecule has 144 valence electrons. The molecule has 0 aliphatic carbocycles. The van der Waals surface area contributed by atoms with Gasteiger partial charge in [-0.3, -0.25) is 0 Å². The van der Waals surface area contributed by atoms with Crippen molar-refractivity contribution in [1.29, 1.82) is 0 Å². The number of urea groups is 1. The Kier molecular flexibility index (Phi) is 6.21. The summed E-state index contributed by atoms with van der Waals surface area (Å²) < 4.78 is 6.42. The minimum Gasteiger partial charge on any atom is -0.508 e. The van der Waals surface area contributed by atoms with E-state index in [0.717, 1.165) is 9.86 Å². The molecule has 0 unspecified atom stereocenters. The van der Waals surface area contributed by atoms with Crippen LogP contribution in [0.2, 0.25) is 0 Å². The normalized spacial score (nSPS) is 10.5. The van der Waals surface area contributed by atoms with Gasteiger partial charge in [-0.1, -0.05) is 15.9 Å². The number of anilines is 2. The third-order valence-corrected chi connectivity index (χ3v) is 5.20. The number of phenols is 1. The third kappa shape index (κ3) is 4.45. The lowest BCUT2D eigenvalue weighted by molar-refractivity contribution is 0.0526. The number of rotatable bonds is 4. The summed E-state index contributed by atoms with van der Waals surface area (Å²) in [5.74, 6) is -0.320. The number of carbonyl (C=O) groups is 2. The van der Waals surface area contributed by atoms with Crippen LogP contribution in [-0.4, -0.2) is 23.7 Å². The predicted molar refractivity (Wildman–Crippen MR) is 116 cm³/mol. The number of amides is 2. The molecule has 0 fully saturated rings. The number of carbonyl (C=O) groups excluding carboxylic acids is 2. The molecule has 3 aromatic rings. The van der Waals surface area contributed by atoms with E-state index in [1.165, 1.54) is 0 Å². The largest absolute Gasteiger partial charge is 0.508 e. The fraction of sp³-hybridized carbons (Fsp3) is 0.100. The molecular weight excluding hydrogens is 492 g/mol. The van der Waals surface area contributed by atoms with Crippen LogP contribution in [0.1, 0.15) is 17.3 Å². The Hall–Kier alpha value is -2.58. The molecule has 0 spiro atoms. The van der Waals surface area contributed by atoms with Crippen molar-refractivity contribution in [2.75, 3.05) is 17.2 Å². The fourth-order valence-electron chi connectivity index (χ4n) is 2.64. The van der Waals surface area contributed by atoms with Crippen LogP contribution in [0.15, 0.2) is 57.5 Å². The summed E-state index contributed by atoms with van der Waals surface area (Å²) in [5.41, 5.74) is 1.45. The highest BCUT2D eigenvalue weighted by Gasteiger charge is 2.14. The van der Waals surface area contributed by atoms with Crippen molar-refractivity contribution in [2.24, 2.45) is 0 Å². The van der Waals surface area contributed by atoms with Crippen molar-refractivity contribution in [3.8, 4) is 5.75 Å². The number of fused-ring (bicyclic) bond motifs is 1. The van der Waals surface area contributed by atoms with Crippen LogP contribution in [0.3, 0.4) is 0 Å². The monoisotopic (exact) mass is 506 g/mol. The van der Waals surface area contributed by atoms with Gasteiger partial charge in [-0.15, -0.1) is 0 Å². The van der Waals surface area contributed by atoms with Gasteiger partial charge in [0, 0.05) is 20.0 Å². The van der Waals surface area contributed by atoms with Crippen LogP contribution >= 0.6 is 31.9 Å². The molecule has 28 heavy (non-hydrogen) atoms. The smallest absolute Gasteiger partial charge is 0.338 e. The second-order valence-corrected chi connectivity index (χ2v) is 7.53. The summed E-state index contributed by atoms with van der Waals surface area (Å²) in [6.45, 7) is 2.04. The van der Waals surface area contributed by atoms with Crippen molar-refractivity contribution < 1.29 is 19.4 Å². The molecule has 0 heterocycles. The van der Waals surface area contributed by atoms with E-state index >= 15 is 0 Å². The number of phenolic OH excluding ortho intramolecular Hbond substituents is 1. The standard InChI is InChI=1S/C20H16Br2N2O4/c1-2-28-19(26)11-3-5-12(6-4-11)23-20(27)24-18-15-9-13(25)7-8-14(15)16(21)10-17(18)22/h3-10,25H,2H2,1H3,(H2,23,24,27). The molecule has 2 amide bonds. The molecule has 0 aromatic heterocycles. The molecule has 0 bridgehead atoms. The predicted octanol–water partition coefficient (Wildman–Crippen LogP) is 5.89. The van der Waals surface area contributed by atoms with E-state index in [2.05, 4.69) is 42.5 Å². The molecule has 0 aliphatic heterocycles. The van der Waals surface area contributed by atoms with Gasteiger partial charge in [-0.25, -0.2) is 9.59 Å². The number of nitrogens with one attached hydrogen (secondary N) is 2. The van der Waals surface area contributed by atoms with Crippen molar-refractivity contribution in [3.63, 3.8) is 0 Å². The van der Waals surface area contributed by atoms with Crippen LogP contribution in [0.25, 0.3) is 10.8 Å². The zero-order valence-corrected chi connectivity index (χ0v) is 17.9. The zero-order chi connectivity index (χ0) is 20.3. The van der Waals surface area contributed by atoms with Gasteiger partial charge in [0.25, 0.3) is 0 Å². The first-order valence-corrected chi connectivity index (χ1v) is 9.93. The van der Waals surface area contributed by atoms with Gasteiger partial charge in [-0.05, 0) is 76.8 Å². The Morgan fingerprint density at radius 2 is 1.68 bits per heavy atom. The highest BCUT2D eigenvalue weighted by molar-refractivity contribution is 9.11. The molecule has 0 saturated carbocycles. The topological polar surface area (TPSA) is 87.7 Å². The maximum absolute atomic E-state index is 12.5. The number of aromatic hydroxyl groups is 1. The van der Waals surface area contributed by atoms with Crippen molar-refractivity contribution in [2.45, 2.75) is 6.92 Å². The molecule has 3 N–H and O–H groups in total. The van der Waals surface area contributed by atoms with E-state index < -0.39 is 12.0 Å². The molecular formula is C20H16Br2N2O4. The SMILES string of the molecule is CCOC(=O)c1ccc(NC(=O)Nc2c(Br)cc(Br)c3ccc(O)cc23)cc1. The van der Waals surface area contributed by atoms with Crippen LogP contribution in [-0.2, 0) is 4.74 Å². The zero-order valence-electron chi connectivity index (χ0n) is 14.8. The number of ether oxygens (including phenoxy) is 1. The minimum absolute atomic E-state index is 0.0931. The highest BCUT2D eigenvalue weighted by atomic mass is 79.9. The van der Waals surface area contributed by atoms with Gasteiger partial charge in [0.15, 0.2) is 0 Å². The van der Waals surface area contributed by atoms with Crippen LogP contribution in [0.4, 0.5) is 16.2 Å². The minimum atomic E-state index is -0.462. The van der Waals surface area contributed by atoms with Crippen molar-refractivity contribution >= 4 is 66.0 Å². The summed E-state index contributed by atoms with van der Waals surface area (Å²) >= 11 is 6.92. The Bertz CT molecular complexity index is 1050. The summed E-state index contributed by atoms with van der Waals surface area (Å²) in [7, 11) is 0. The summed E-state index contributed by atoms with van der Waals surface area (Å²) in [4.78, 5) is 24.1. The average molecular weight is 508 g/mol. The Morgan fingerprint density at radius 3 is 2.36 bits per heavy atom. The lowest BCUT2D eigenvalue weighted by Gasteiger charge is -2.14. The van der Waals surface area contributed by atoms with Gasteiger partial charge in [0.1, 0.15) is 5.75 Å². The maximum Gasteiger partial charge on any atom is 0.338 e. The first-order valence-electron chi connectivity index (χ1n) is 8.35. The van der Waals surface area contributed by atoms with E-state index in [-0.39, 0.29) is 5.75 Å². The van der Waals surface area contributed by atoms with E-state index in [0.29, 0.717) is 33.4 Å². The second-order valence-electron chi connectivity index (χ2n) is 5.82. The van der Waals surface area contributed by atoms with Gasteiger partial charge >= 0.3 is 12.0 Å². The number of hydrogen-bond acceptors (Lipinski definition) is 4. The molecule has 8 heteroatoms. The van der Waals surface area contributed by atoms with Gasteiger partial charge in [0.05, 0.1) is 17.9 Å². The van der Waals surface area contributed by atoms with Gasteiger partial charge in [0.2, 0.25) is 0 Å². The first-order chi connectivity index (χ1) is 13.4. The van der Waals surface area contributed by atoms with E-state index in [4.69, 9.17) is 4.74 Å². The molecule has 0 aliphatic rings. The molecule has 3 rings (SSSR count). The fourth-order valence-corrected chi connectivity index (χ4v) is 4.07. The molecule has 3 aromatic carbocycles. The highest BCUT2D eigenvalue weighted by Crippen LogP contribution is 2.38. The summed E-state index contributed by atoms with van der Waals surface area (Å²) in [5, 5.41) is 16.8. The lowest BCUT2D eigenvalue weighted by atomic mass is 10.1. The first kappa shape index (κ1) is 20.2. The van der Waals surface area contributed by atoms with Gasteiger partial charge < -0.3 is 20.5 Å². The van der Waals surface area contributed by atoms with Crippen LogP contribution < -0.4 is 10.6 Å². The Labute approximate surface area is 178 Å². The van der Waals surface area contributed by atoms with Gasteiger partial charge in [-0.2, -0.15) is 0 Å². The summed E-state index contributed by atoms with van der Waals surface area (Å²) in [6.07, 6.45) is 0.